The topological polar surface area (TPSA) is 51.4 Å². The van der Waals surface area contributed by atoms with Crippen molar-refractivity contribution in [2.24, 2.45) is 0 Å². The summed E-state index contributed by atoms with van der Waals surface area (Å²) < 4.78 is 6.69. The van der Waals surface area contributed by atoms with Gasteiger partial charge in [0.1, 0.15) is 0 Å². The summed E-state index contributed by atoms with van der Waals surface area (Å²) >= 11 is 1.70. The van der Waals surface area contributed by atoms with E-state index in [9.17, 15) is 0 Å². The Balaban J connectivity index is 1.94. The lowest BCUT2D eigenvalue weighted by atomic mass is 10.3. The molecule has 0 radical (unpaired) electrons. The summed E-state index contributed by atoms with van der Waals surface area (Å²) in [6.45, 7) is 4.70. The largest absolute Gasteiger partial charge is 0.399 e. The number of nitrogen functional groups attached to an aromatic ring is 1. The highest BCUT2D eigenvalue weighted by Gasteiger charge is 2.19. The van der Waals surface area contributed by atoms with Crippen LogP contribution >= 0.6 is 11.3 Å². The van der Waals surface area contributed by atoms with E-state index in [1.54, 1.807) is 11.3 Å². The van der Waals surface area contributed by atoms with Crippen LogP contribution in [0, 0.1) is 0 Å². The molecular formula is C12H15N3OS. The summed E-state index contributed by atoms with van der Waals surface area (Å²) in [5.74, 6) is 0. The van der Waals surface area contributed by atoms with Gasteiger partial charge in [-0.25, -0.2) is 4.98 Å². The molecule has 0 aliphatic carbocycles. The van der Waals surface area contributed by atoms with E-state index in [-0.39, 0.29) is 6.10 Å². The van der Waals surface area contributed by atoms with Gasteiger partial charge < -0.3 is 15.4 Å². The molecule has 1 aromatic heterocycles. The third kappa shape index (κ3) is 2.08. The Morgan fingerprint density at radius 3 is 3.24 bits per heavy atom. The molecule has 2 N–H and O–H groups in total. The fourth-order valence-electron chi connectivity index (χ4n) is 2.06. The number of ether oxygens (including phenoxy) is 1. The van der Waals surface area contributed by atoms with Crippen molar-refractivity contribution in [2.45, 2.75) is 13.0 Å². The van der Waals surface area contributed by atoms with Gasteiger partial charge >= 0.3 is 0 Å². The monoisotopic (exact) mass is 249 g/mol. The third-order valence-electron chi connectivity index (χ3n) is 2.91. The molecule has 0 bridgehead atoms. The molecule has 1 fully saturated rings. The summed E-state index contributed by atoms with van der Waals surface area (Å²) in [4.78, 5) is 6.93. The number of nitrogens with zero attached hydrogens (tertiary/aromatic N) is 2. The van der Waals surface area contributed by atoms with Gasteiger partial charge in [0.15, 0.2) is 5.13 Å². The lowest BCUT2D eigenvalue weighted by Gasteiger charge is -2.30. The summed E-state index contributed by atoms with van der Waals surface area (Å²) in [7, 11) is 0. The molecule has 3 rings (SSSR count). The van der Waals surface area contributed by atoms with Gasteiger partial charge in [0.25, 0.3) is 0 Å². The van der Waals surface area contributed by atoms with Gasteiger partial charge in [0.05, 0.1) is 22.9 Å². The number of rotatable bonds is 1. The highest BCUT2D eigenvalue weighted by atomic mass is 32.1. The normalized spacial score (nSPS) is 21.0. The molecule has 1 aliphatic heterocycles. The second kappa shape index (κ2) is 4.16. The van der Waals surface area contributed by atoms with Crippen molar-refractivity contribution in [1.29, 1.82) is 0 Å². The van der Waals surface area contributed by atoms with Gasteiger partial charge in [-0.3, -0.25) is 0 Å². The van der Waals surface area contributed by atoms with Crippen molar-refractivity contribution in [3.63, 3.8) is 0 Å². The van der Waals surface area contributed by atoms with Gasteiger partial charge in [-0.2, -0.15) is 0 Å². The zero-order valence-electron chi connectivity index (χ0n) is 9.72. The molecular weight excluding hydrogens is 234 g/mol. The van der Waals surface area contributed by atoms with E-state index < -0.39 is 0 Å². The number of aromatic nitrogens is 1. The Labute approximate surface area is 104 Å². The smallest absolute Gasteiger partial charge is 0.186 e. The number of thiazole rings is 1. The molecule has 17 heavy (non-hydrogen) atoms. The Hall–Kier alpha value is -1.33. The molecule has 1 atom stereocenters. The number of hydrogen-bond donors (Lipinski definition) is 1. The van der Waals surface area contributed by atoms with Crippen LogP contribution < -0.4 is 10.6 Å². The second-order valence-corrected chi connectivity index (χ2v) is 5.36. The van der Waals surface area contributed by atoms with Crippen LogP contribution in [0.1, 0.15) is 6.92 Å². The molecule has 1 aromatic carbocycles. The maximum Gasteiger partial charge on any atom is 0.186 e. The fraction of sp³-hybridized carbons (Fsp3) is 0.417. The maximum absolute atomic E-state index is 5.78. The highest BCUT2D eigenvalue weighted by molar-refractivity contribution is 7.22. The number of fused-ring (bicyclic) bond motifs is 1. The van der Waals surface area contributed by atoms with E-state index in [2.05, 4.69) is 16.8 Å². The van der Waals surface area contributed by atoms with Crippen molar-refractivity contribution in [3.05, 3.63) is 18.2 Å². The predicted molar refractivity (Wildman–Crippen MR) is 71.7 cm³/mol. The SMILES string of the molecule is CC1CN(c2nc3ccc(N)cc3s2)CCO1. The van der Waals surface area contributed by atoms with Gasteiger partial charge in [0, 0.05) is 18.8 Å². The molecule has 5 heteroatoms. The zero-order valence-corrected chi connectivity index (χ0v) is 10.5. The highest BCUT2D eigenvalue weighted by Crippen LogP contribution is 2.30. The lowest BCUT2D eigenvalue weighted by molar-refractivity contribution is 0.0532. The average molecular weight is 249 g/mol. The number of anilines is 2. The van der Waals surface area contributed by atoms with Gasteiger partial charge in [0.2, 0.25) is 0 Å². The van der Waals surface area contributed by atoms with Crippen molar-refractivity contribution in [1.82, 2.24) is 4.98 Å². The third-order valence-corrected chi connectivity index (χ3v) is 3.99. The number of morpholine rings is 1. The fourth-order valence-corrected chi connectivity index (χ4v) is 3.11. The Kier molecular flexibility index (Phi) is 2.64. The molecule has 2 heterocycles. The van der Waals surface area contributed by atoms with Crippen LogP contribution in [0.3, 0.4) is 0 Å². The molecule has 0 saturated carbocycles. The minimum Gasteiger partial charge on any atom is -0.399 e. The van der Waals surface area contributed by atoms with Crippen LogP contribution in [0.2, 0.25) is 0 Å². The average Bonchev–Trinajstić information content (AvgIpc) is 2.72. The summed E-state index contributed by atoms with van der Waals surface area (Å²) in [6.07, 6.45) is 0.279. The van der Waals surface area contributed by atoms with Crippen LogP contribution in [-0.2, 0) is 4.74 Å². The Morgan fingerprint density at radius 2 is 2.41 bits per heavy atom. The van der Waals surface area contributed by atoms with Gasteiger partial charge in [-0.1, -0.05) is 11.3 Å². The van der Waals surface area contributed by atoms with E-state index >= 15 is 0 Å². The lowest BCUT2D eigenvalue weighted by Crippen LogP contribution is -2.41. The summed E-state index contributed by atoms with van der Waals surface area (Å²) in [5.41, 5.74) is 7.60. The summed E-state index contributed by atoms with van der Waals surface area (Å²) in [5, 5.41) is 1.07. The Bertz CT molecular complexity index is 540. The van der Waals surface area contributed by atoms with E-state index in [1.165, 1.54) is 0 Å². The first-order chi connectivity index (χ1) is 8.22. The molecule has 2 aromatic rings. The van der Waals surface area contributed by atoms with Crippen LogP contribution in [0.5, 0.6) is 0 Å². The maximum atomic E-state index is 5.78. The minimum absolute atomic E-state index is 0.279. The van der Waals surface area contributed by atoms with Crippen LogP contribution in [0.4, 0.5) is 10.8 Å². The van der Waals surface area contributed by atoms with Crippen LogP contribution in [0.15, 0.2) is 18.2 Å². The molecule has 1 saturated heterocycles. The van der Waals surface area contributed by atoms with Gasteiger partial charge in [-0.05, 0) is 25.1 Å². The minimum atomic E-state index is 0.279. The van der Waals surface area contributed by atoms with Crippen LogP contribution in [-0.4, -0.2) is 30.8 Å². The number of benzene rings is 1. The summed E-state index contributed by atoms with van der Waals surface area (Å²) in [6, 6.07) is 5.86. The molecule has 0 amide bonds. The van der Waals surface area contributed by atoms with Crippen molar-refractivity contribution >= 4 is 32.4 Å². The predicted octanol–water partition coefficient (Wildman–Crippen LogP) is 2.10. The van der Waals surface area contributed by atoms with E-state index in [0.29, 0.717) is 0 Å². The van der Waals surface area contributed by atoms with E-state index in [4.69, 9.17) is 10.5 Å². The first-order valence-corrected chi connectivity index (χ1v) is 6.56. The first kappa shape index (κ1) is 10.8. The Morgan fingerprint density at radius 1 is 1.53 bits per heavy atom. The molecule has 0 spiro atoms. The van der Waals surface area contributed by atoms with Crippen LogP contribution in [0.25, 0.3) is 10.2 Å². The van der Waals surface area contributed by atoms with Crippen molar-refractivity contribution in [2.75, 3.05) is 30.3 Å². The zero-order chi connectivity index (χ0) is 11.8. The molecule has 90 valence electrons. The van der Waals surface area contributed by atoms with E-state index in [1.807, 2.05) is 18.2 Å². The van der Waals surface area contributed by atoms with Crippen molar-refractivity contribution in [3.8, 4) is 0 Å². The number of hydrogen-bond acceptors (Lipinski definition) is 5. The molecule has 4 nitrogen and oxygen atoms in total. The molecule has 1 unspecified atom stereocenters. The first-order valence-electron chi connectivity index (χ1n) is 5.75. The number of nitrogens with two attached hydrogens (primary N) is 1. The van der Waals surface area contributed by atoms with E-state index in [0.717, 1.165) is 40.7 Å². The van der Waals surface area contributed by atoms with Gasteiger partial charge in [-0.15, -0.1) is 0 Å². The quantitative estimate of drug-likeness (QED) is 0.786. The standard InChI is InChI=1S/C12H15N3OS/c1-8-7-15(4-5-16-8)12-14-10-3-2-9(13)6-11(10)17-12/h2-3,6,8H,4-5,7,13H2,1H3. The second-order valence-electron chi connectivity index (χ2n) is 4.35. The van der Waals surface area contributed by atoms with Crippen molar-refractivity contribution < 1.29 is 4.74 Å². The molecule has 1 aliphatic rings.